The normalized spacial score (nSPS) is 10.5. The summed E-state index contributed by atoms with van der Waals surface area (Å²) in [6, 6.07) is 7.45. The lowest BCUT2D eigenvalue weighted by molar-refractivity contribution is -0.134. The average molecular weight is 347 g/mol. The highest BCUT2D eigenvalue weighted by molar-refractivity contribution is 7.08. The summed E-state index contributed by atoms with van der Waals surface area (Å²) in [5.41, 5.74) is 1.81. The van der Waals surface area contributed by atoms with Gasteiger partial charge in [0.1, 0.15) is 11.6 Å². The number of hydrogen-bond donors (Lipinski definition) is 2. The number of hydrogen-bond acceptors (Lipinski definition) is 5. The SMILES string of the molecule is CCc1nn(CC(=O)N(C)CC(=O)Nc2ccc(C)cc2)c(=N)s1. The molecule has 2 rings (SSSR count). The molecule has 0 unspecified atom stereocenters. The summed E-state index contributed by atoms with van der Waals surface area (Å²) >= 11 is 1.25. The first-order valence-electron chi connectivity index (χ1n) is 7.61. The minimum atomic E-state index is -0.265. The monoisotopic (exact) mass is 347 g/mol. The topological polar surface area (TPSA) is 91.1 Å². The van der Waals surface area contributed by atoms with Crippen molar-refractivity contribution in [3.05, 3.63) is 39.6 Å². The van der Waals surface area contributed by atoms with Crippen LogP contribution >= 0.6 is 11.3 Å². The van der Waals surface area contributed by atoms with E-state index in [-0.39, 0.29) is 29.7 Å². The highest BCUT2D eigenvalue weighted by Gasteiger charge is 2.15. The maximum Gasteiger partial charge on any atom is 0.244 e. The Morgan fingerprint density at radius 1 is 1.33 bits per heavy atom. The van der Waals surface area contributed by atoms with Crippen LogP contribution in [0.1, 0.15) is 17.5 Å². The number of carbonyl (C=O) groups is 2. The third-order valence-corrected chi connectivity index (χ3v) is 4.42. The fraction of sp³-hybridized carbons (Fsp3) is 0.375. The molecule has 2 aromatic rings. The van der Waals surface area contributed by atoms with E-state index in [0.29, 0.717) is 5.69 Å². The van der Waals surface area contributed by atoms with Crippen LogP contribution in [0.4, 0.5) is 5.69 Å². The molecule has 0 bridgehead atoms. The van der Waals surface area contributed by atoms with Crippen molar-refractivity contribution < 1.29 is 9.59 Å². The van der Waals surface area contributed by atoms with Gasteiger partial charge in [-0.1, -0.05) is 36.0 Å². The summed E-state index contributed by atoms with van der Waals surface area (Å²) in [5, 5.41) is 15.6. The highest BCUT2D eigenvalue weighted by Crippen LogP contribution is 2.08. The van der Waals surface area contributed by atoms with E-state index in [1.54, 1.807) is 7.05 Å². The van der Waals surface area contributed by atoms with Crippen molar-refractivity contribution in [3.63, 3.8) is 0 Å². The molecule has 1 aromatic carbocycles. The van der Waals surface area contributed by atoms with E-state index < -0.39 is 0 Å². The van der Waals surface area contributed by atoms with Gasteiger partial charge in [-0.2, -0.15) is 5.10 Å². The van der Waals surface area contributed by atoms with Gasteiger partial charge < -0.3 is 10.2 Å². The number of aryl methyl sites for hydroxylation is 2. The third kappa shape index (κ3) is 4.76. The number of anilines is 1. The van der Waals surface area contributed by atoms with E-state index in [4.69, 9.17) is 5.41 Å². The molecule has 0 radical (unpaired) electrons. The Labute approximate surface area is 144 Å². The summed E-state index contributed by atoms with van der Waals surface area (Å²) < 4.78 is 1.36. The second kappa shape index (κ2) is 7.87. The van der Waals surface area contributed by atoms with Crippen LogP contribution in [0.15, 0.2) is 24.3 Å². The van der Waals surface area contributed by atoms with Crippen molar-refractivity contribution in [2.24, 2.45) is 0 Å². The Kier molecular flexibility index (Phi) is 5.86. The zero-order valence-corrected chi connectivity index (χ0v) is 14.8. The van der Waals surface area contributed by atoms with Crippen molar-refractivity contribution in [2.45, 2.75) is 26.8 Å². The molecule has 2 amide bonds. The van der Waals surface area contributed by atoms with Gasteiger partial charge in [0.15, 0.2) is 0 Å². The lowest BCUT2D eigenvalue weighted by Gasteiger charge is -2.16. The molecular weight excluding hydrogens is 326 g/mol. The minimum Gasteiger partial charge on any atom is -0.335 e. The summed E-state index contributed by atoms with van der Waals surface area (Å²) in [6.07, 6.45) is 0.729. The maximum atomic E-state index is 12.2. The lowest BCUT2D eigenvalue weighted by Crippen LogP contribution is -2.38. The van der Waals surface area contributed by atoms with Crippen LogP contribution in [-0.4, -0.2) is 40.1 Å². The first-order chi connectivity index (χ1) is 11.4. The van der Waals surface area contributed by atoms with Gasteiger partial charge in [0, 0.05) is 12.7 Å². The molecule has 0 saturated carbocycles. The van der Waals surface area contributed by atoms with Gasteiger partial charge in [-0.15, -0.1) is 0 Å². The standard InChI is InChI=1S/C16H21N5O2S/c1-4-14-19-21(16(17)24-14)10-15(23)20(3)9-13(22)18-12-7-5-11(2)6-8-12/h5-8,17H,4,9-10H2,1-3H3,(H,18,22). The molecular formula is C16H21N5O2S. The molecule has 7 nitrogen and oxygen atoms in total. The minimum absolute atomic E-state index is 0.0381. The molecule has 0 aliphatic carbocycles. The Hall–Kier alpha value is -2.48. The molecule has 24 heavy (non-hydrogen) atoms. The Morgan fingerprint density at radius 2 is 2.00 bits per heavy atom. The summed E-state index contributed by atoms with van der Waals surface area (Å²) in [5.74, 6) is -0.529. The molecule has 0 aliphatic heterocycles. The summed E-state index contributed by atoms with van der Waals surface area (Å²) in [4.78, 5) is 25.8. The molecule has 0 aliphatic rings. The number of benzene rings is 1. The van der Waals surface area contributed by atoms with Gasteiger partial charge in [-0.05, 0) is 25.5 Å². The first-order valence-corrected chi connectivity index (χ1v) is 8.42. The number of carbonyl (C=O) groups excluding carboxylic acids is 2. The van der Waals surface area contributed by atoms with E-state index in [9.17, 15) is 9.59 Å². The number of amides is 2. The second-order valence-corrected chi connectivity index (χ2v) is 6.54. The highest BCUT2D eigenvalue weighted by atomic mass is 32.1. The average Bonchev–Trinajstić information content (AvgIpc) is 2.89. The third-order valence-electron chi connectivity index (χ3n) is 3.41. The molecule has 8 heteroatoms. The maximum absolute atomic E-state index is 12.2. The summed E-state index contributed by atoms with van der Waals surface area (Å²) in [7, 11) is 1.56. The van der Waals surface area contributed by atoms with Crippen LogP contribution in [0.25, 0.3) is 0 Å². The van der Waals surface area contributed by atoms with Crippen molar-refractivity contribution in [1.82, 2.24) is 14.7 Å². The zero-order valence-electron chi connectivity index (χ0n) is 14.0. The Bertz CT molecular complexity index is 779. The molecule has 0 atom stereocenters. The van der Waals surface area contributed by atoms with Crippen molar-refractivity contribution in [1.29, 1.82) is 5.41 Å². The van der Waals surface area contributed by atoms with Crippen LogP contribution in [0.3, 0.4) is 0 Å². The van der Waals surface area contributed by atoms with E-state index >= 15 is 0 Å². The van der Waals surface area contributed by atoms with E-state index in [1.165, 1.54) is 20.9 Å². The largest absolute Gasteiger partial charge is 0.335 e. The predicted octanol–water partition coefficient (Wildman–Crippen LogP) is 1.39. The van der Waals surface area contributed by atoms with Crippen LogP contribution in [0.2, 0.25) is 0 Å². The lowest BCUT2D eigenvalue weighted by atomic mass is 10.2. The van der Waals surface area contributed by atoms with Gasteiger partial charge in [0.05, 0.1) is 6.54 Å². The summed E-state index contributed by atoms with van der Waals surface area (Å²) in [6.45, 7) is 3.83. The smallest absolute Gasteiger partial charge is 0.244 e. The number of nitrogens with one attached hydrogen (secondary N) is 2. The molecule has 2 N–H and O–H groups in total. The van der Waals surface area contributed by atoms with Crippen molar-refractivity contribution >= 4 is 28.8 Å². The molecule has 128 valence electrons. The number of aromatic nitrogens is 2. The van der Waals surface area contributed by atoms with Crippen LogP contribution < -0.4 is 10.1 Å². The van der Waals surface area contributed by atoms with Gasteiger partial charge in [0.2, 0.25) is 16.6 Å². The van der Waals surface area contributed by atoms with Gasteiger partial charge >= 0.3 is 0 Å². The van der Waals surface area contributed by atoms with E-state index in [2.05, 4.69) is 10.4 Å². The first kappa shape index (κ1) is 17.9. The van der Waals surface area contributed by atoms with Crippen LogP contribution in [-0.2, 0) is 22.6 Å². The zero-order chi connectivity index (χ0) is 17.7. The van der Waals surface area contributed by atoms with Gasteiger partial charge in [-0.3, -0.25) is 15.0 Å². The van der Waals surface area contributed by atoms with Gasteiger partial charge in [0.25, 0.3) is 0 Å². The number of nitrogens with zero attached hydrogens (tertiary/aromatic N) is 3. The quantitative estimate of drug-likeness (QED) is 0.827. The Balaban J connectivity index is 1.90. The predicted molar refractivity (Wildman–Crippen MR) is 92.8 cm³/mol. The van der Waals surface area contributed by atoms with Gasteiger partial charge in [-0.25, -0.2) is 4.68 Å². The molecule has 0 spiro atoms. The second-order valence-electron chi connectivity index (χ2n) is 5.48. The number of likely N-dealkylation sites (N-methyl/N-ethyl adjacent to an activating group) is 1. The van der Waals surface area contributed by atoms with Crippen molar-refractivity contribution in [2.75, 3.05) is 18.9 Å². The molecule has 0 saturated heterocycles. The van der Waals surface area contributed by atoms with Crippen LogP contribution in [0, 0.1) is 12.3 Å². The van der Waals surface area contributed by atoms with E-state index in [1.807, 2.05) is 38.1 Å². The fourth-order valence-electron chi connectivity index (χ4n) is 2.00. The molecule has 1 heterocycles. The van der Waals surface area contributed by atoms with Crippen molar-refractivity contribution in [3.8, 4) is 0 Å². The van der Waals surface area contributed by atoms with E-state index in [0.717, 1.165) is 17.0 Å². The molecule has 1 aromatic heterocycles. The number of rotatable bonds is 6. The van der Waals surface area contributed by atoms with Crippen LogP contribution in [0.5, 0.6) is 0 Å². The Morgan fingerprint density at radius 3 is 2.58 bits per heavy atom. The molecule has 0 fully saturated rings. The fourth-order valence-corrected chi connectivity index (χ4v) is 2.72.